The van der Waals surface area contributed by atoms with Gasteiger partial charge in [-0.05, 0) is 31.6 Å². The van der Waals surface area contributed by atoms with E-state index in [4.69, 9.17) is 0 Å². The van der Waals surface area contributed by atoms with E-state index in [9.17, 15) is 13.2 Å². The van der Waals surface area contributed by atoms with Crippen LogP contribution in [0.15, 0.2) is 12.4 Å². The summed E-state index contributed by atoms with van der Waals surface area (Å²) in [7, 11) is 0. The zero-order valence-electron chi connectivity index (χ0n) is 9.95. The highest BCUT2D eigenvalue weighted by molar-refractivity contribution is 5.09. The lowest BCUT2D eigenvalue weighted by molar-refractivity contribution is -0.137. The SMILES string of the molecule is FC(F)(F)c1cnn(C2CCC2CNC2CC2)c1. The molecule has 1 heterocycles. The van der Waals surface area contributed by atoms with E-state index in [2.05, 4.69) is 10.4 Å². The normalized spacial score (nSPS) is 28.2. The summed E-state index contributed by atoms with van der Waals surface area (Å²) in [5.74, 6) is 0.423. The maximum atomic E-state index is 12.5. The van der Waals surface area contributed by atoms with Crippen LogP contribution in [0.25, 0.3) is 0 Å². The minimum Gasteiger partial charge on any atom is -0.314 e. The summed E-state index contributed by atoms with van der Waals surface area (Å²) in [6.07, 6.45) is 2.23. The highest BCUT2D eigenvalue weighted by Gasteiger charge is 2.37. The van der Waals surface area contributed by atoms with Gasteiger partial charge in [-0.15, -0.1) is 0 Å². The first kappa shape index (κ1) is 12.0. The van der Waals surface area contributed by atoms with Crippen molar-refractivity contribution in [3.8, 4) is 0 Å². The molecule has 1 N–H and O–H groups in total. The van der Waals surface area contributed by atoms with Crippen molar-refractivity contribution in [1.82, 2.24) is 15.1 Å². The number of hydrogen-bond donors (Lipinski definition) is 1. The second kappa shape index (κ2) is 4.26. The van der Waals surface area contributed by atoms with Crippen molar-refractivity contribution in [3.63, 3.8) is 0 Å². The Hall–Kier alpha value is -1.04. The van der Waals surface area contributed by atoms with Crippen LogP contribution >= 0.6 is 0 Å². The molecular weight excluding hydrogens is 243 g/mol. The first-order valence-corrected chi connectivity index (χ1v) is 6.39. The largest absolute Gasteiger partial charge is 0.419 e. The summed E-state index contributed by atoms with van der Waals surface area (Å²) in [5, 5.41) is 7.30. The molecule has 0 saturated heterocycles. The van der Waals surface area contributed by atoms with Gasteiger partial charge in [0.1, 0.15) is 0 Å². The maximum absolute atomic E-state index is 12.5. The molecule has 2 aliphatic rings. The summed E-state index contributed by atoms with van der Waals surface area (Å²) in [6.45, 7) is 0.899. The van der Waals surface area contributed by atoms with Crippen LogP contribution in [-0.2, 0) is 6.18 Å². The Bertz CT molecular complexity index is 422. The first-order chi connectivity index (χ1) is 8.54. The van der Waals surface area contributed by atoms with Gasteiger partial charge in [0.25, 0.3) is 0 Å². The molecule has 0 bridgehead atoms. The predicted molar refractivity (Wildman–Crippen MR) is 60.0 cm³/mol. The molecule has 6 heteroatoms. The number of alkyl halides is 3. The summed E-state index contributed by atoms with van der Waals surface area (Å²) >= 11 is 0. The molecule has 2 saturated carbocycles. The molecule has 0 radical (unpaired) electrons. The van der Waals surface area contributed by atoms with Gasteiger partial charge in [-0.3, -0.25) is 4.68 Å². The second-order valence-corrected chi connectivity index (χ2v) is 5.29. The van der Waals surface area contributed by atoms with Crippen LogP contribution in [0.4, 0.5) is 13.2 Å². The van der Waals surface area contributed by atoms with E-state index in [-0.39, 0.29) is 6.04 Å². The van der Waals surface area contributed by atoms with Gasteiger partial charge >= 0.3 is 6.18 Å². The zero-order valence-corrected chi connectivity index (χ0v) is 9.95. The minimum absolute atomic E-state index is 0.132. The summed E-state index contributed by atoms with van der Waals surface area (Å²) < 4.78 is 38.9. The molecule has 3 rings (SSSR count). The molecule has 2 aliphatic carbocycles. The molecular formula is C12H16F3N3. The van der Waals surface area contributed by atoms with E-state index >= 15 is 0 Å². The third-order valence-corrected chi connectivity index (χ3v) is 3.89. The molecule has 0 spiro atoms. The maximum Gasteiger partial charge on any atom is 0.419 e. The van der Waals surface area contributed by atoms with E-state index in [1.165, 1.54) is 17.5 Å². The number of halogens is 3. The van der Waals surface area contributed by atoms with Crippen LogP contribution in [0, 0.1) is 5.92 Å². The fourth-order valence-electron chi connectivity index (χ4n) is 2.41. The topological polar surface area (TPSA) is 29.9 Å². The fraction of sp³-hybridized carbons (Fsp3) is 0.750. The van der Waals surface area contributed by atoms with Gasteiger partial charge in [-0.25, -0.2) is 0 Å². The van der Waals surface area contributed by atoms with Gasteiger partial charge in [-0.1, -0.05) is 0 Å². The van der Waals surface area contributed by atoms with Crippen LogP contribution in [0.5, 0.6) is 0 Å². The zero-order chi connectivity index (χ0) is 12.8. The molecule has 0 aromatic carbocycles. The van der Waals surface area contributed by atoms with Crippen LogP contribution < -0.4 is 5.32 Å². The van der Waals surface area contributed by atoms with Crippen molar-refractivity contribution in [3.05, 3.63) is 18.0 Å². The van der Waals surface area contributed by atoms with Crippen molar-refractivity contribution in [1.29, 1.82) is 0 Å². The van der Waals surface area contributed by atoms with Crippen LogP contribution in [-0.4, -0.2) is 22.4 Å². The molecule has 2 unspecified atom stereocenters. The highest BCUT2D eigenvalue weighted by atomic mass is 19.4. The van der Waals surface area contributed by atoms with Crippen molar-refractivity contribution in [2.24, 2.45) is 5.92 Å². The Kier molecular flexibility index (Phi) is 2.84. The lowest BCUT2D eigenvalue weighted by Gasteiger charge is -2.37. The molecule has 2 atom stereocenters. The number of nitrogens with zero attached hydrogens (tertiary/aromatic N) is 2. The Morgan fingerprint density at radius 3 is 2.56 bits per heavy atom. The molecule has 18 heavy (non-hydrogen) atoms. The molecule has 0 aliphatic heterocycles. The summed E-state index contributed by atoms with van der Waals surface area (Å²) in [4.78, 5) is 0. The molecule has 100 valence electrons. The Labute approximate surface area is 103 Å². The van der Waals surface area contributed by atoms with E-state index in [0.29, 0.717) is 12.0 Å². The number of nitrogens with one attached hydrogen (secondary N) is 1. The van der Waals surface area contributed by atoms with Gasteiger partial charge in [0.05, 0.1) is 17.8 Å². The standard InChI is InChI=1S/C12H16F3N3/c13-12(14,15)9-6-17-18(7-9)11-4-1-8(11)5-16-10-2-3-10/h6-8,10-11,16H,1-5H2. The van der Waals surface area contributed by atoms with E-state index in [0.717, 1.165) is 31.8 Å². The molecule has 2 fully saturated rings. The Morgan fingerprint density at radius 1 is 1.28 bits per heavy atom. The van der Waals surface area contributed by atoms with E-state index < -0.39 is 11.7 Å². The van der Waals surface area contributed by atoms with E-state index in [1.807, 2.05) is 0 Å². The minimum atomic E-state index is -4.29. The molecule has 3 nitrogen and oxygen atoms in total. The van der Waals surface area contributed by atoms with Crippen LogP contribution in [0.1, 0.15) is 37.3 Å². The molecule has 0 amide bonds. The van der Waals surface area contributed by atoms with Gasteiger partial charge in [-0.2, -0.15) is 18.3 Å². The van der Waals surface area contributed by atoms with E-state index in [1.54, 1.807) is 0 Å². The smallest absolute Gasteiger partial charge is 0.314 e. The van der Waals surface area contributed by atoms with Gasteiger partial charge < -0.3 is 5.32 Å². The average Bonchev–Trinajstić information content (AvgIpc) is 2.93. The van der Waals surface area contributed by atoms with Crippen molar-refractivity contribution in [2.75, 3.05) is 6.54 Å². The third kappa shape index (κ3) is 2.39. The predicted octanol–water partition coefficient (Wildman–Crippen LogP) is 2.61. The second-order valence-electron chi connectivity index (χ2n) is 5.29. The number of aromatic nitrogens is 2. The highest BCUT2D eigenvalue weighted by Crippen LogP contribution is 2.39. The summed E-state index contributed by atoms with van der Waals surface area (Å²) in [6, 6.07) is 0.780. The Morgan fingerprint density at radius 2 is 2.06 bits per heavy atom. The number of hydrogen-bond acceptors (Lipinski definition) is 2. The quantitative estimate of drug-likeness (QED) is 0.900. The van der Waals surface area contributed by atoms with Gasteiger partial charge in [0.15, 0.2) is 0 Å². The average molecular weight is 259 g/mol. The lowest BCUT2D eigenvalue weighted by atomic mass is 9.79. The van der Waals surface area contributed by atoms with Gasteiger partial charge in [0, 0.05) is 18.8 Å². The van der Waals surface area contributed by atoms with Crippen LogP contribution in [0.3, 0.4) is 0 Å². The van der Waals surface area contributed by atoms with Crippen molar-refractivity contribution >= 4 is 0 Å². The van der Waals surface area contributed by atoms with Crippen molar-refractivity contribution < 1.29 is 13.2 Å². The summed E-state index contributed by atoms with van der Waals surface area (Å²) in [5.41, 5.74) is -0.650. The first-order valence-electron chi connectivity index (χ1n) is 6.39. The van der Waals surface area contributed by atoms with Crippen molar-refractivity contribution in [2.45, 2.75) is 43.9 Å². The fourth-order valence-corrected chi connectivity index (χ4v) is 2.41. The lowest BCUT2D eigenvalue weighted by Crippen LogP contribution is -2.37. The van der Waals surface area contributed by atoms with Gasteiger partial charge in [0.2, 0.25) is 0 Å². The number of rotatable bonds is 4. The molecule has 1 aromatic rings. The monoisotopic (exact) mass is 259 g/mol. The van der Waals surface area contributed by atoms with Crippen LogP contribution in [0.2, 0.25) is 0 Å². The Balaban J connectivity index is 1.61. The third-order valence-electron chi connectivity index (χ3n) is 3.89. The molecule has 1 aromatic heterocycles.